The molecule has 0 heterocycles. The largest absolute Gasteiger partial charge is 0.382 e. The van der Waals surface area contributed by atoms with Crippen molar-refractivity contribution < 1.29 is 17.4 Å². The van der Waals surface area contributed by atoms with Crippen LogP contribution in [0.25, 0.3) is 0 Å². The molecule has 0 fully saturated rings. The van der Waals surface area contributed by atoms with Gasteiger partial charge in [-0.3, -0.25) is 0 Å². The molecule has 0 bridgehead atoms. The molecular weight excluding hydrogens is 388 g/mol. The molecular formula is C22H30N2O4S. The summed E-state index contributed by atoms with van der Waals surface area (Å²) >= 11 is 0. The molecule has 1 N–H and O–H groups in total. The van der Waals surface area contributed by atoms with Gasteiger partial charge in [-0.2, -0.15) is 8.42 Å². The van der Waals surface area contributed by atoms with E-state index in [9.17, 15) is 13.2 Å². The zero-order valence-corrected chi connectivity index (χ0v) is 18.3. The van der Waals surface area contributed by atoms with Gasteiger partial charge in [0.15, 0.2) is 0 Å². The average Bonchev–Trinajstić information content (AvgIpc) is 2.68. The van der Waals surface area contributed by atoms with E-state index >= 15 is 0 Å². The molecule has 0 atom stereocenters. The van der Waals surface area contributed by atoms with Gasteiger partial charge in [0.05, 0.1) is 5.75 Å². The molecule has 0 radical (unpaired) electrons. The molecule has 7 heteroatoms. The smallest absolute Gasteiger partial charge is 0.322 e. The number of carbonyl (C=O) groups excluding carboxylic acids is 1. The van der Waals surface area contributed by atoms with Crippen LogP contribution in [0.1, 0.15) is 38.8 Å². The van der Waals surface area contributed by atoms with Gasteiger partial charge in [0.1, 0.15) is 5.75 Å². The van der Waals surface area contributed by atoms with Gasteiger partial charge < -0.3 is 14.4 Å². The van der Waals surface area contributed by atoms with Gasteiger partial charge in [-0.05, 0) is 54.7 Å². The highest BCUT2D eigenvalue weighted by Gasteiger charge is 2.16. The lowest BCUT2D eigenvalue weighted by Gasteiger charge is -2.25. The zero-order valence-electron chi connectivity index (χ0n) is 17.5. The van der Waals surface area contributed by atoms with Crippen molar-refractivity contribution in [1.82, 2.24) is 4.90 Å². The fourth-order valence-electron chi connectivity index (χ4n) is 2.81. The maximum atomic E-state index is 12.9. The maximum absolute atomic E-state index is 12.9. The lowest BCUT2D eigenvalue weighted by Crippen LogP contribution is -2.37. The number of carbonyl (C=O) groups is 1. The number of nitrogens with one attached hydrogen (secondary N) is 1. The van der Waals surface area contributed by atoms with Crippen molar-refractivity contribution in [3.8, 4) is 5.75 Å². The molecule has 29 heavy (non-hydrogen) atoms. The first-order chi connectivity index (χ1) is 13.7. The molecule has 2 amide bonds. The van der Waals surface area contributed by atoms with Crippen LogP contribution in [0.3, 0.4) is 0 Å². The Bertz CT molecular complexity index is 909. The minimum absolute atomic E-state index is 0.0870. The standard InChI is InChI=1S/C22H30N2O4S/c1-5-18-8-7-9-20(14-18)23-22(25)24(15-17(3)4)16-19-10-12-21(13-11-19)28-29(26,27)6-2/h7-14,17H,5-6,15-16H2,1-4H3,(H,23,25). The van der Waals surface area contributed by atoms with Crippen molar-refractivity contribution in [3.05, 3.63) is 59.7 Å². The van der Waals surface area contributed by atoms with Crippen LogP contribution in [0.15, 0.2) is 48.5 Å². The number of hydrogen-bond acceptors (Lipinski definition) is 4. The van der Waals surface area contributed by atoms with Crippen LogP contribution in [0.5, 0.6) is 5.75 Å². The number of benzene rings is 2. The molecule has 0 aliphatic rings. The first-order valence-electron chi connectivity index (χ1n) is 9.88. The fourth-order valence-corrected chi connectivity index (χ4v) is 3.33. The van der Waals surface area contributed by atoms with Crippen molar-refractivity contribution in [2.24, 2.45) is 5.92 Å². The zero-order chi connectivity index (χ0) is 21.4. The number of nitrogens with zero attached hydrogens (tertiary/aromatic N) is 1. The summed E-state index contributed by atoms with van der Waals surface area (Å²) in [6.07, 6.45) is 0.904. The summed E-state index contributed by atoms with van der Waals surface area (Å²) in [7, 11) is -3.55. The number of aryl methyl sites for hydroxylation is 1. The van der Waals surface area contributed by atoms with E-state index < -0.39 is 10.1 Å². The van der Waals surface area contributed by atoms with Gasteiger partial charge in [-0.25, -0.2) is 4.79 Å². The SMILES string of the molecule is CCc1cccc(NC(=O)N(Cc2ccc(OS(=O)(=O)CC)cc2)CC(C)C)c1. The van der Waals surface area contributed by atoms with Crippen LogP contribution in [-0.4, -0.2) is 31.6 Å². The van der Waals surface area contributed by atoms with E-state index in [4.69, 9.17) is 4.18 Å². The van der Waals surface area contributed by atoms with Gasteiger partial charge >= 0.3 is 16.1 Å². The number of hydrogen-bond donors (Lipinski definition) is 1. The van der Waals surface area contributed by atoms with Crippen LogP contribution in [-0.2, 0) is 23.1 Å². The van der Waals surface area contributed by atoms with Gasteiger partial charge in [-0.1, -0.05) is 45.0 Å². The Morgan fingerprint density at radius 1 is 1.07 bits per heavy atom. The molecule has 0 saturated heterocycles. The molecule has 2 aromatic rings. The van der Waals surface area contributed by atoms with E-state index in [-0.39, 0.29) is 17.5 Å². The van der Waals surface area contributed by atoms with Crippen LogP contribution in [0.4, 0.5) is 10.5 Å². The lowest BCUT2D eigenvalue weighted by atomic mass is 10.1. The van der Waals surface area contributed by atoms with E-state index in [2.05, 4.69) is 26.1 Å². The van der Waals surface area contributed by atoms with Crippen LogP contribution in [0, 0.1) is 5.92 Å². The third-order valence-corrected chi connectivity index (χ3v) is 5.49. The molecule has 0 aromatic heterocycles. The van der Waals surface area contributed by atoms with E-state index in [1.165, 1.54) is 6.92 Å². The summed E-state index contributed by atoms with van der Waals surface area (Å²) in [5.74, 6) is 0.489. The Balaban J connectivity index is 2.10. The average molecular weight is 419 g/mol. The third kappa shape index (κ3) is 7.42. The minimum Gasteiger partial charge on any atom is -0.382 e. The van der Waals surface area contributed by atoms with Crippen molar-refractivity contribution in [1.29, 1.82) is 0 Å². The molecule has 0 aliphatic carbocycles. The Morgan fingerprint density at radius 3 is 2.34 bits per heavy atom. The van der Waals surface area contributed by atoms with Gasteiger partial charge in [-0.15, -0.1) is 0 Å². The highest BCUT2D eigenvalue weighted by Crippen LogP contribution is 2.18. The molecule has 0 unspecified atom stereocenters. The van der Waals surface area contributed by atoms with E-state index in [1.54, 1.807) is 29.2 Å². The van der Waals surface area contributed by atoms with Crippen molar-refractivity contribution >= 4 is 21.8 Å². The van der Waals surface area contributed by atoms with E-state index in [0.717, 1.165) is 23.2 Å². The van der Waals surface area contributed by atoms with Crippen LogP contribution < -0.4 is 9.50 Å². The van der Waals surface area contributed by atoms with Crippen molar-refractivity contribution in [2.45, 2.75) is 40.7 Å². The molecule has 6 nitrogen and oxygen atoms in total. The van der Waals surface area contributed by atoms with Gasteiger partial charge in [0, 0.05) is 18.8 Å². The highest BCUT2D eigenvalue weighted by molar-refractivity contribution is 7.87. The molecule has 0 spiro atoms. The summed E-state index contributed by atoms with van der Waals surface area (Å²) in [6, 6.07) is 14.4. The second kappa shape index (κ2) is 10.3. The topological polar surface area (TPSA) is 75.7 Å². The first-order valence-corrected chi connectivity index (χ1v) is 11.5. The van der Waals surface area contributed by atoms with Gasteiger partial charge in [0.2, 0.25) is 0 Å². The third-order valence-electron chi connectivity index (χ3n) is 4.33. The monoisotopic (exact) mass is 418 g/mol. The van der Waals surface area contributed by atoms with Gasteiger partial charge in [0.25, 0.3) is 0 Å². The Labute approximate surface area is 174 Å². The summed E-state index contributed by atoms with van der Waals surface area (Å²) in [5, 5.41) is 2.98. The summed E-state index contributed by atoms with van der Waals surface area (Å²) in [6.45, 7) is 8.74. The normalized spacial score (nSPS) is 11.3. The van der Waals surface area contributed by atoms with Crippen LogP contribution >= 0.6 is 0 Å². The fraction of sp³-hybridized carbons (Fsp3) is 0.409. The molecule has 0 saturated carbocycles. The Hall–Kier alpha value is -2.54. The number of rotatable bonds is 9. The van der Waals surface area contributed by atoms with Crippen LogP contribution in [0.2, 0.25) is 0 Å². The van der Waals surface area contributed by atoms with E-state index in [0.29, 0.717) is 19.0 Å². The second-order valence-electron chi connectivity index (χ2n) is 7.33. The minimum atomic E-state index is -3.55. The lowest BCUT2D eigenvalue weighted by molar-refractivity contribution is 0.201. The summed E-state index contributed by atoms with van der Waals surface area (Å²) in [4.78, 5) is 14.6. The Kier molecular flexibility index (Phi) is 8.08. The highest BCUT2D eigenvalue weighted by atomic mass is 32.2. The quantitative estimate of drug-likeness (QED) is 0.601. The predicted molar refractivity (Wildman–Crippen MR) is 117 cm³/mol. The molecule has 2 rings (SSSR count). The summed E-state index contributed by atoms with van der Waals surface area (Å²) < 4.78 is 28.2. The molecule has 0 aliphatic heterocycles. The summed E-state index contributed by atoms with van der Waals surface area (Å²) in [5.41, 5.74) is 2.83. The number of urea groups is 1. The van der Waals surface area contributed by atoms with Crippen molar-refractivity contribution in [2.75, 3.05) is 17.6 Å². The molecule has 2 aromatic carbocycles. The first kappa shape index (κ1) is 22.7. The second-order valence-corrected chi connectivity index (χ2v) is 9.19. The van der Waals surface area contributed by atoms with E-state index in [1.807, 2.05) is 24.3 Å². The Morgan fingerprint density at radius 2 is 1.76 bits per heavy atom. The molecule has 158 valence electrons. The predicted octanol–water partition coefficient (Wildman–Crippen LogP) is 4.67. The number of amides is 2. The number of anilines is 1. The maximum Gasteiger partial charge on any atom is 0.322 e. The van der Waals surface area contributed by atoms with Crippen molar-refractivity contribution in [3.63, 3.8) is 0 Å².